The van der Waals surface area contributed by atoms with E-state index in [0.29, 0.717) is 19.4 Å². The zero-order valence-corrected chi connectivity index (χ0v) is 13.3. The van der Waals surface area contributed by atoms with E-state index in [1.165, 1.54) is 0 Å². The van der Waals surface area contributed by atoms with E-state index in [1.54, 1.807) is 30.3 Å². The van der Waals surface area contributed by atoms with E-state index in [2.05, 4.69) is 0 Å². The average molecular weight is 338 g/mol. The second-order valence-corrected chi connectivity index (χ2v) is 5.20. The van der Waals surface area contributed by atoms with Crippen LogP contribution < -0.4 is 5.73 Å². The number of aliphatic carboxylic acids is 2. The van der Waals surface area contributed by atoms with Crippen molar-refractivity contribution in [3.05, 3.63) is 35.9 Å². The van der Waals surface area contributed by atoms with Crippen molar-refractivity contribution in [2.45, 2.75) is 31.9 Å². The summed E-state index contributed by atoms with van der Waals surface area (Å²) in [6.45, 7) is -0.415. The number of hydrogen-bond donors (Lipinski definition) is 3. The highest BCUT2D eigenvalue weighted by Crippen LogP contribution is 2.12. The molecule has 4 N–H and O–H groups in total. The minimum atomic E-state index is -1.31. The van der Waals surface area contributed by atoms with Gasteiger partial charge >= 0.3 is 18.0 Å². The maximum Gasteiger partial charge on any atom is 0.411 e. The number of carboxylic acid groups (broad SMARTS) is 2. The first-order chi connectivity index (χ1) is 11.5. The summed E-state index contributed by atoms with van der Waals surface area (Å²) in [7, 11) is 0. The number of nitrogens with zero attached hydrogens (tertiary/aromatic N) is 1. The van der Waals surface area contributed by atoms with Crippen molar-refractivity contribution in [2.75, 3.05) is 13.1 Å². The lowest BCUT2D eigenvalue weighted by Crippen LogP contribution is -2.47. The topological polar surface area (TPSA) is 130 Å². The molecule has 0 aromatic heterocycles. The van der Waals surface area contributed by atoms with Gasteiger partial charge in [0.05, 0.1) is 0 Å². The molecule has 0 unspecified atom stereocenters. The molecule has 0 aliphatic carbocycles. The van der Waals surface area contributed by atoms with Gasteiger partial charge in [-0.3, -0.25) is 9.69 Å². The van der Waals surface area contributed by atoms with Crippen molar-refractivity contribution in [1.82, 2.24) is 4.90 Å². The fourth-order valence-electron chi connectivity index (χ4n) is 2.14. The van der Waals surface area contributed by atoms with Gasteiger partial charge in [0.1, 0.15) is 19.2 Å². The number of nitrogens with two attached hydrogens (primary N) is 1. The zero-order valence-electron chi connectivity index (χ0n) is 13.3. The van der Waals surface area contributed by atoms with E-state index in [9.17, 15) is 19.5 Å². The third-order valence-electron chi connectivity index (χ3n) is 3.34. The van der Waals surface area contributed by atoms with Gasteiger partial charge in [-0.05, 0) is 31.4 Å². The van der Waals surface area contributed by atoms with E-state index in [1.807, 2.05) is 0 Å². The van der Waals surface area contributed by atoms with Gasteiger partial charge in [-0.1, -0.05) is 30.3 Å². The third-order valence-corrected chi connectivity index (χ3v) is 3.34. The van der Waals surface area contributed by atoms with Crippen molar-refractivity contribution in [3.63, 3.8) is 0 Å². The van der Waals surface area contributed by atoms with E-state index in [-0.39, 0.29) is 13.0 Å². The third kappa shape index (κ3) is 6.66. The summed E-state index contributed by atoms with van der Waals surface area (Å²) >= 11 is 0. The summed E-state index contributed by atoms with van der Waals surface area (Å²) in [6, 6.07) is 7.56. The van der Waals surface area contributed by atoms with Crippen molar-refractivity contribution in [3.8, 4) is 0 Å². The molecule has 0 fully saturated rings. The largest absolute Gasteiger partial charge is 0.480 e. The lowest BCUT2D eigenvalue weighted by atomic mass is 10.1. The molecule has 0 aliphatic heterocycles. The minimum Gasteiger partial charge on any atom is -0.480 e. The van der Waals surface area contributed by atoms with Crippen molar-refractivity contribution < 1.29 is 29.3 Å². The van der Waals surface area contributed by atoms with Crippen LogP contribution in [0.5, 0.6) is 0 Å². The Balaban J connectivity index is 2.77. The Bertz CT molecular complexity index is 549. The van der Waals surface area contributed by atoms with Crippen LogP contribution >= 0.6 is 0 Å². The second-order valence-electron chi connectivity index (χ2n) is 5.20. The summed E-state index contributed by atoms with van der Waals surface area (Å²) in [4.78, 5) is 35.3. The molecule has 24 heavy (non-hydrogen) atoms. The predicted octanol–water partition coefficient (Wildman–Crippen LogP) is 1.29. The van der Waals surface area contributed by atoms with Crippen molar-refractivity contribution >= 4 is 18.0 Å². The number of ether oxygens (including phenoxy) is 1. The lowest BCUT2D eigenvalue weighted by Gasteiger charge is -2.26. The highest BCUT2D eigenvalue weighted by atomic mass is 16.6. The number of carbonyl (C=O) groups is 3. The zero-order chi connectivity index (χ0) is 17.9. The molecule has 0 aliphatic rings. The van der Waals surface area contributed by atoms with Crippen LogP contribution in [-0.2, 0) is 20.9 Å². The number of amides is 1. The maximum absolute atomic E-state index is 12.2. The van der Waals surface area contributed by atoms with Crippen molar-refractivity contribution in [1.29, 1.82) is 0 Å². The van der Waals surface area contributed by atoms with Crippen LogP contribution in [0.3, 0.4) is 0 Å². The van der Waals surface area contributed by atoms with Gasteiger partial charge in [0.15, 0.2) is 0 Å². The molecule has 132 valence electrons. The Morgan fingerprint density at radius 3 is 2.33 bits per heavy atom. The molecule has 0 saturated carbocycles. The number of carboxylic acids is 2. The lowest BCUT2D eigenvalue weighted by molar-refractivity contribution is -0.145. The number of carbonyl (C=O) groups excluding carboxylic acids is 1. The number of hydrogen-bond acceptors (Lipinski definition) is 5. The molecule has 8 heteroatoms. The molecule has 1 amide bonds. The smallest absolute Gasteiger partial charge is 0.411 e. The SMILES string of the molecule is NCCCC[C@@H](C(=O)O)N(CC(=O)O)C(=O)OCc1ccccc1. The molecule has 0 bridgehead atoms. The fourth-order valence-corrected chi connectivity index (χ4v) is 2.14. The van der Waals surface area contributed by atoms with Crippen LogP contribution in [0, 0.1) is 0 Å². The molecule has 1 rings (SSSR count). The summed E-state index contributed by atoms with van der Waals surface area (Å²) in [5, 5.41) is 18.3. The fraction of sp³-hybridized carbons (Fsp3) is 0.438. The maximum atomic E-state index is 12.2. The van der Waals surface area contributed by atoms with E-state index in [0.717, 1.165) is 10.5 Å². The molecule has 0 heterocycles. The molecule has 1 atom stereocenters. The van der Waals surface area contributed by atoms with Gasteiger partial charge in [-0.15, -0.1) is 0 Å². The van der Waals surface area contributed by atoms with Gasteiger partial charge in [-0.25, -0.2) is 9.59 Å². The Labute approximate surface area is 139 Å². The molecule has 0 saturated heterocycles. The normalized spacial score (nSPS) is 11.5. The summed E-state index contributed by atoms with van der Waals surface area (Å²) in [5.41, 5.74) is 6.09. The highest BCUT2D eigenvalue weighted by molar-refractivity contribution is 5.83. The number of rotatable bonds is 10. The van der Waals surface area contributed by atoms with E-state index >= 15 is 0 Å². The second kappa shape index (κ2) is 10.2. The minimum absolute atomic E-state index is 0.0646. The monoisotopic (exact) mass is 338 g/mol. The van der Waals surface area contributed by atoms with Crippen LogP contribution in [0.4, 0.5) is 4.79 Å². The van der Waals surface area contributed by atoms with Crippen LogP contribution in [0.15, 0.2) is 30.3 Å². The van der Waals surface area contributed by atoms with Gasteiger partial charge in [0.25, 0.3) is 0 Å². The first kappa shape index (κ1) is 19.4. The first-order valence-electron chi connectivity index (χ1n) is 7.57. The molecule has 0 spiro atoms. The Morgan fingerprint density at radius 1 is 1.12 bits per heavy atom. The van der Waals surface area contributed by atoms with Crippen LogP contribution in [0.2, 0.25) is 0 Å². The first-order valence-corrected chi connectivity index (χ1v) is 7.57. The Hall–Kier alpha value is -2.61. The predicted molar refractivity (Wildman–Crippen MR) is 85.3 cm³/mol. The van der Waals surface area contributed by atoms with Gasteiger partial charge in [-0.2, -0.15) is 0 Å². The molecule has 8 nitrogen and oxygen atoms in total. The van der Waals surface area contributed by atoms with Gasteiger partial charge in [0.2, 0.25) is 0 Å². The Morgan fingerprint density at radius 2 is 1.79 bits per heavy atom. The summed E-state index contributed by atoms with van der Waals surface area (Å²) in [6.07, 6.45) is 0.195. The highest BCUT2D eigenvalue weighted by Gasteiger charge is 2.32. The summed E-state index contributed by atoms with van der Waals surface area (Å²) < 4.78 is 5.06. The standard InChI is InChI=1S/C16H22N2O6/c17-9-5-4-8-13(15(21)22)18(10-14(19)20)16(23)24-11-12-6-2-1-3-7-12/h1-3,6-7,13H,4-5,8-11,17H2,(H,19,20)(H,21,22)/t13-/m0/s1. The average Bonchev–Trinajstić information content (AvgIpc) is 2.55. The van der Waals surface area contributed by atoms with E-state index in [4.69, 9.17) is 15.6 Å². The van der Waals surface area contributed by atoms with Gasteiger partial charge < -0.3 is 20.7 Å². The summed E-state index contributed by atoms with van der Waals surface area (Å²) in [5.74, 6) is -2.58. The van der Waals surface area contributed by atoms with Crippen LogP contribution in [0.1, 0.15) is 24.8 Å². The Kier molecular flexibility index (Phi) is 8.28. The van der Waals surface area contributed by atoms with Gasteiger partial charge in [0, 0.05) is 0 Å². The molecule has 1 aromatic rings. The van der Waals surface area contributed by atoms with E-state index < -0.39 is 30.6 Å². The quantitative estimate of drug-likeness (QED) is 0.548. The van der Waals surface area contributed by atoms with Crippen LogP contribution in [0.25, 0.3) is 0 Å². The van der Waals surface area contributed by atoms with Crippen molar-refractivity contribution in [2.24, 2.45) is 5.73 Å². The number of unbranched alkanes of at least 4 members (excludes halogenated alkanes) is 1. The molecular weight excluding hydrogens is 316 g/mol. The van der Waals surface area contributed by atoms with Crippen LogP contribution in [-0.4, -0.2) is 52.3 Å². The molecule has 1 aromatic carbocycles. The molecular formula is C16H22N2O6. The molecule has 0 radical (unpaired) electrons. The number of benzene rings is 1.